The van der Waals surface area contributed by atoms with Gasteiger partial charge in [0, 0.05) is 38.3 Å². The highest BCUT2D eigenvalue weighted by molar-refractivity contribution is 5.47. The van der Waals surface area contributed by atoms with Gasteiger partial charge in [-0.2, -0.15) is 0 Å². The predicted octanol–water partition coefficient (Wildman–Crippen LogP) is 2.87. The highest BCUT2D eigenvalue weighted by Crippen LogP contribution is 2.16. The molecule has 1 heterocycles. The minimum absolute atomic E-state index is 0.322. The van der Waals surface area contributed by atoms with E-state index in [0.29, 0.717) is 5.92 Å². The fourth-order valence-electron chi connectivity index (χ4n) is 1.62. The third-order valence-electron chi connectivity index (χ3n) is 2.59. The highest BCUT2D eigenvalue weighted by atomic mass is 16.5. The lowest BCUT2D eigenvalue weighted by Gasteiger charge is -2.12. The smallest absolute Gasteiger partial charge is 0.135 e. The van der Waals surface area contributed by atoms with Gasteiger partial charge in [0.05, 0.1) is 0 Å². The zero-order chi connectivity index (χ0) is 14.1. The van der Waals surface area contributed by atoms with Gasteiger partial charge in [-0.05, 0) is 20.3 Å². The third kappa shape index (κ3) is 5.87. The highest BCUT2D eigenvalue weighted by Gasteiger charge is 2.07. The van der Waals surface area contributed by atoms with Crippen molar-refractivity contribution in [3.63, 3.8) is 0 Å². The fourth-order valence-corrected chi connectivity index (χ4v) is 1.62. The molecule has 1 rings (SSSR count). The molecule has 0 aliphatic heterocycles. The van der Waals surface area contributed by atoms with Crippen molar-refractivity contribution in [1.29, 1.82) is 0 Å². The summed E-state index contributed by atoms with van der Waals surface area (Å²) in [6.07, 6.45) is 0.978. The van der Waals surface area contributed by atoms with E-state index in [1.54, 1.807) is 0 Å². The van der Waals surface area contributed by atoms with Gasteiger partial charge in [0.1, 0.15) is 17.5 Å². The maximum absolute atomic E-state index is 5.31. The van der Waals surface area contributed by atoms with Crippen molar-refractivity contribution >= 4 is 11.6 Å². The van der Waals surface area contributed by atoms with E-state index in [2.05, 4.69) is 41.4 Å². The number of aromatic nitrogens is 2. The molecule has 0 aromatic carbocycles. The SMILES string of the molecule is CCNc1cc(NCCCOCC)nc(C(C)C)n1. The molecule has 1 aromatic rings. The molecule has 108 valence electrons. The number of hydrogen-bond donors (Lipinski definition) is 2. The van der Waals surface area contributed by atoms with Crippen LogP contribution in [0.3, 0.4) is 0 Å². The molecule has 5 heteroatoms. The minimum atomic E-state index is 0.322. The lowest BCUT2D eigenvalue weighted by Crippen LogP contribution is -2.11. The first-order valence-electron chi connectivity index (χ1n) is 7.11. The van der Waals surface area contributed by atoms with Crippen LogP contribution in [0.1, 0.15) is 45.9 Å². The molecule has 1 aromatic heterocycles. The molecule has 0 aliphatic carbocycles. The van der Waals surface area contributed by atoms with Gasteiger partial charge in [0.2, 0.25) is 0 Å². The van der Waals surface area contributed by atoms with E-state index >= 15 is 0 Å². The summed E-state index contributed by atoms with van der Waals surface area (Å²) in [5, 5.41) is 6.56. The van der Waals surface area contributed by atoms with Crippen molar-refractivity contribution in [1.82, 2.24) is 9.97 Å². The Morgan fingerprint density at radius 1 is 1.16 bits per heavy atom. The lowest BCUT2D eigenvalue weighted by molar-refractivity contribution is 0.147. The molecule has 0 saturated heterocycles. The van der Waals surface area contributed by atoms with Gasteiger partial charge in [0.15, 0.2) is 0 Å². The molecular weight excluding hydrogens is 240 g/mol. The lowest BCUT2D eigenvalue weighted by atomic mass is 10.2. The van der Waals surface area contributed by atoms with E-state index in [-0.39, 0.29) is 0 Å². The number of ether oxygens (including phenoxy) is 1. The van der Waals surface area contributed by atoms with Crippen LogP contribution in [0.25, 0.3) is 0 Å². The van der Waals surface area contributed by atoms with Crippen LogP contribution in [0.4, 0.5) is 11.6 Å². The number of hydrogen-bond acceptors (Lipinski definition) is 5. The van der Waals surface area contributed by atoms with Crippen molar-refractivity contribution < 1.29 is 4.74 Å². The molecule has 0 fully saturated rings. The normalized spacial score (nSPS) is 10.8. The molecule has 0 saturated carbocycles. The van der Waals surface area contributed by atoms with Crippen molar-refractivity contribution in [3.8, 4) is 0 Å². The quantitative estimate of drug-likeness (QED) is 0.673. The second-order valence-electron chi connectivity index (χ2n) is 4.66. The summed E-state index contributed by atoms with van der Waals surface area (Å²) in [4.78, 5) is 9.02. The number of nitrogens with zero attached hydrogens (tertiary/aromatic N) is 2. The Morgan fingerprint density at radius 2 is 1.84 bits per heavy atom. The number of nitrogens with one attached hydrogen (secondary N) is 2. The molecular formula is C14H26N4O. The van der Waals surface area contributed by atoms with Crippen LogP contribution >= 0.6 is 0 Å². The fraction of sp³-hybridized carbons (Fsp3) is 0.714. The molecule has 0 aliphatic rings. The molecule has 0 amide bonds. The Labute approximate surface area is 116 Å². The van der Waals surface area contributed by atoms with Gasteiger partial charge in [-0.3, -0.25) is 0 Å². The third-order valence-corrected chi connectivity index (χ3v) is 2.59. The predicted molar refractivity (Wildman–Crippen MR) is 79.9 cm³/mol. The van der Waals surface area contributed by atoms with Crippen LogP contribution in [-0.4, -0.2) is 36.3 Å². The summed E-state index contributed by atoms with van der Waals surface area (Å²) in [6.45, 7) is 11.6. The van der Waals surface area contributed by atoms with Crippen LogP contribution in [-0.2, 0) is 4.74 Å². The topological polar surface area (TPSA) is 59.1 Å². The zero-order valence-electron chi connectivity index (χ0n) is 12.5. The summed E-state index contributed by atoms with van der Waals surface area (Å²) >= 11 is 0. The molecule has 0 bridgehead atoms. The minimum Gasteiger partial charge on any atom is -0.382 e. The summed E-state index contributed by atoms with van der Waals surface area (Å²) in [7, 11) is 0. The average molecular weight is 266 g/mol. The largest absolute Gasteiger partial charge is 0.382 e. The van der Waals surface area contributed by atoms with E-state index in [4.69, 9.17) is 4.74 Å². The first-order valence-corrected chi connectivity index (χ1v) is 7.11. The average Bonchev–Trinajstić information content (AvgIpc) is 2.38. The van der Waals surface area contributed by atoms with Crippen LogP contribution in [0.5, 0.6) is 0 Å². The maximum Gasteiger partial charge on any atom is 0.135 e. The van der Waals surface area contributed by atoms with Crippen molar-refractivity contribution in [3.05, 3.63) is 11.9 Å². The Bertz CT molecular complexity index is 368. The first kappa shape index (κ1) is 15.7. The zero-order valence-corrected chi connectivity index (χ0v) is 12.5. The van der Waals surface area contributed by atoms with Gasteiger partial charge in [0.25, 0.3) is 0 Å². The molecule has 0 unspecified atom stereocenters. The van der Waals surface area contributed by atoms with E-state index in [1.807, 2.05) is 13.0 Å². The van der Waals surface area contributed by atoms with Crippen LogP contribution < -0.4 is 10.6 Å². The number of rotatable bonds is 9. The van der Waals surface area contributed by atoms with Crippen LogP contribution in [0.15, 0.2) is 6.07 Å². The summed E-state index contributed by atoms with van der Waals surface area (Å²) in [5.41, 5.74) is 0. The van der Waals surface area contributed by atoms with Gasteiger partial charge < -0.3 is 15.4 Å². The molecule has 0 radical (unpaired) electrons. The van der Waals surface area contributed by atoms with E-state index in [1.165, 1.54) is 0 Å². The molecule has 0 spiro atoms. The van der Waals surface area contributed by atoms with Crippen LogP contribution in [0.2, 0.25) is 0 Å². The molecule has 2 N–H and O–H groups in total. The monoisotopic (exact) mass is 266 g/mol. The number of anilines is 2. The summed E-state index contributed by atoms with van der Waals surface area (Å²) < 4.78 is 5.31. The van der Waals surface area contributed by atoms with Gasteiger partial charge in [-0.1, -0.05) is 13.8 Å². The maximum atomic E-state index is 5.31. The summed E-state index contributed by atoms with van der Waals surface area (Å²) in [6, 6.07) is 1.95. The second kappa shape index (κ2) is 8.69. The van der Waals surface area contributed by atoms with Crippen LogP contribution in [0, 0.1) is 0 Å². The van der Waals surface area contributed by atoms with Crippen molar-refractivity contribution in [2.75, 3.05) is 36.9 Å². The van der Waals surface area contributed by atoms with E-state index in [9.17, 15) is 0 Å². The molecule has 0 atom stereocenters. The van der Waals surface area contributed by atoms with Gasteiger partial charge in [-0.25, -0.2) is 9.97 Å². The first-order chi connectivity index (χ1) is 9.17. The van der Waals surface area contributed by atoms with Crippen molar-refractivity contribution in [2.24, 2.45) is 0 Å². The van der Waals surface area contributed by atoms with Gasteiger partial charge >= 0.3 is 0 Å². The Hall–Kier alpha value is -1.36. The molecule has 5 nitrogen and oxygen atoms in total. The Kier molecular flexibility index (Phi) is 7.18. The Balaban J connectivity index is 2.60. The van der Waals surface area contributed by atoms with E-state index < -0.39 is 0 Å². The second-order valence-corrected chi connectivity index (χ2v) is 4.66. The van der Waals surface area contributed by atoms with E-state index in [0.717, 1.165) is 50.2 Å². The summed E-state index contributed by atoms with van der Waals surface area (Å²) in [5.74, 6) is 2.95. The van der Waals surface area contributed by atoms with Crippen molar-refractivity contribution in [2.45, 2.75) is 40.0 Å². The van der Waals surface area contributed by atoms with Gasteiger partial charge in [-0.15, -0.1) is 0 Å². The molecule has 19 heavy (non-hydrogen) atoms. The standard InChI is InChI=1S/C14H26N4O/c1-5-15-12-10-13(16-8-7-9-19-6-2)18-14(17-12)11(3)4/h10-11H,5-9H2,1-4H3,(H2,15,16,17,18). The Morgan fingerprint density at radius 3 is 2.42 bits per heavy atom.